The van der Waals surface area contributed by atoms with Crippen molar-refractivity contribution in [3.63, 3.8) is 0 Å². The number of para-hydroxylation sites is 2. The van der Waals surface area contributed by atoms with E-state index in [2.05, 4.69) is 36.4 Å². The minimum atomic E-state index is -4.69. The van der Waals surface area contributed by atoms with Gasteiger partial charge in [0.1, 0.15) is 0 Å². The van der Waals surface area contributed by atoms with Gasteiger partial charge in [-0.25, -0.2) is 0 Å². The van der Waals surface area contributed by atoms with Crippen LogP contribution in [0.1, 0.15) is 33.4 Å². The lowest BCUT2D eigenvalue weighted by atomic mass is 9.61. The number of rotatable bonds is 6. The van der Waals surface area contributed by atoms with Crippen molar-refractivity contribution in [3.05, 3.63) is 264 Å². The smallest absolute Gasteiger partial charge is 0.309 e. The summed E-state index contributed by atoms with van der Waals surface area (Å²) in [5.41, 5.74) is 6.64. The molecule has 0 radical (unpaired) electrons. The second-order valence-corrected chi connectivity index (χ2v) is 18.2. The Morgan fingerprint density at radius 3 is 1.24 bits per heavy atom. The fourth-order valence-corrected chi connectivity index (χ4v) is 11.7. The number of nitrogens with zero attached hydrogens (tertiary/aromatic N) is 2. The van der Waals surface area contributed by atoms with Gasteiger partial charge < -0.3 is 9.80 Å². The van der Waals surface area contributed by atoms with Gasteiger partial charge in [0.15, 0.2) is 0 Å². The molecule has 0 heterocycles. The molecular formula is C63H38F6N2. The molecule has 0 saturated carbocycles. The second-order valence-electron chi connectivity index (χ2n) is 18.2. The van der Waals surface area contributed by atoms with Gasteiger partial charge in [-0.05, 0) is 127 Å². The predicted molar refractivity (Wildman–Crippen MR) is 275 cm³/mol. The van der Waals surface area contributed by atoms with E-state index in [0.29, 0.717) is 22.7 Å². The third-order valence-corrected chi connectivity index (χ3v) is 14.5. The lowest BCUT2D eigenvalue weighted by molar-refractivity contribution is -0.137. The van der Waals surface area contributed by atoms with Crippen molar-refractivity contribution in [1.29, 1.82) is 0 Å². The van der Waals surface area contributed by atoms with Gasteiger partial charge >= 0.3 is 12.4 Å². The molecule has 8 heteroatoms. The minimum Gasteiger partial charge on any atom is -0.309 e. The molecule has 0 fully saturated rings. The SMILES string of the molecule is FC(F)(F)c1ccccc1N(c1ccc2c(c1)C1(c3ccccc3-2)c2cc(N(c3ccccc3C(F)(F)F)c3cccc4ccccc34)ccc2-c2cccc3cccc1c23)c1cccc2ccccc12. The maximum Gasteiger partial charge on any atom is 0.418 e. The Labute approximate surface area is 404 Å². The van der Waals surface area contributed by atoms with E-state index in [4.69, 9.17) is 0 Å². The van der Waals surface area contributed by atoms with Crippen molar-refractivity contribution < 1.29 is 26.3 Å². The van der Waals surface area contributed by atoms with E-state index in [-0.39, 0.29) is 11.4 Å². The normalized spacial score (nSPS) is 14.7. The highest BCUT2D eigenvalue weighted by atomic mass is 19.4. The van der Waals surface area contributed by atoms with E-state index in [9.17, 15) is 0 Å². The van der Waals surface area contributed by atoms with Crippen LogP contribution in [-0.4, -0.2) is 0 Å². The molecule has 2 aliphatic rings. The fraction of sp³-hybridized carbons (Fsp3) is 0.0476. The van der Waals surface area contributed by atoms with Gasteiger partial charge in [-0.1, -0.05) is 170 Å². The summed E-state index contributed by atoms with van der Waals surface area (Å²) in [4.78, 5) is 3.43. The lowest BCUT2D eigenvalue weighted by Crippen LogP contribution is -2.32. The summed E-state index contributed by atoms with van der Waals surface area (Å²) < 4.78 is 91.9. The average Bonchev–Trinajstić information content (AvgIpc) is 3.68. The zero-order chi connectivity index (χ0) is 48.2. The van der Waals surface area contributed by atoms with Gasteiger partial charge in [0.2, 0.25) is 0 Å². The molecular weight excluding hydrogens is 899 g/mol. The van der Waals surface area contributed by atoms with Crippen LogP contribution in [0.3, 0.4) is 0 Å². The molecule has 0 amide bonds. The first kappa shape index (κ1) is 42.5. The fourth-order valence-electron chi connectivity index (χ4n) is 11.7. The first-order valence-electron chi connectivity index (χ1n) is 23.3. The summed E-state index contributed by atoms with van der Waals surface area (Å²) in [7, 11) is 0. The molecule has 1 spiro atoms. The van der Waals surface area contributed by atoms with Crippen molar-refractivity contribution in [3.8, 4) is 22.3 Å². The molecule has 0 aliphatic heterocycles. The molecule has 0 bridgehead atoms. The molecule has 0 N–H and O–H groups in total. The number of hydrogen-bond acceptors (Lipinski definition) is 2. The molecule has 0 saturated heterocycles. The summed E-state index contributed by atoms with van der Waals surface area (Å²) >= 11 is 0. The van der Waals surface area contributed by atoms with E-state index in [1.807, 2.05) is 146 Å². The van der Waals surface area contributed by atoms with Crippen molar-refractivity contribution in [2.45, 2.75) is 17.8 Å². The zero-order valence-electron chi connectivity index (χ0n) is 37.6. The van der Waals surface area contributed by atoms with Crippen molar-refractivity contribution in [2.75, 3.05) is 9.80 Å². The van der Waals surface area contributed by atoms with E-state index in [1.165, 1.54) is 24.3 Å². The standard InChI is InChI=1S/C63H38F6N2/c64-62(65,66)51-26-7-9-29-58(51)70(56-31-13-17-39-15-1-3-21-44(39)56)42-33-35-47-46-23-5-6-25-50(46)61(54(47)37-42)53-28-12-20-41-19-11-24-49(60(41)53)48-36-34-43(38-55(48)61)71(59-30-10-8-27-52(59)63(67,68)69)57-32-14-18-40-16-2-4-22-45(40)57/h1-38H. The van der Waals surface area contributed by atoms with E-state index in [1.54, 1.807) is 21.9 Å². The second kappa shape index (κ2) is 15.7. The molecule has 1 atom stereocenters. The van der Waals surface area contributed by atoms with Crippen LogP contribution in [0.25, 0.3) is 54.6 Å². The van der Waals surface area contributed by atoms with Crippen LogP contribution < -0.4 is 9.80 Å². The Hall–Kier alpha value is -8.62. The quantitative estimate of drug-likeness (QED) is 0.153. The summed E-state index contributed by atoms with van der Waals surface area (Å²) in [6.07, 6.45) is -9.38. The Bertz CT molecular complexity index is 3950. The van der Waals surface area contributed by atoms with Crippen molar-refractivity contribution >= 4 is 66.4 Å². The summed E-state index contributed by atoms with van der Waals surface area (Å²) in [5.74, 6) is 0. The molecule has 2 aliphatic carbocycles. The van der Waals surface area contributed by atoms with Crippen LogP contribution in [-0.2, 0) is 17.8 Å². The van der Waals surface area contributed by atoms with Crippen LogP contribution in [0, 0.1) is 0 Å². The van der Waals surface area contributed by atoms with Gasteiger partial charge in [0, 0.05) is 22.1 Å². The van der Waals surface area contributed by atoms with Gasteiger partial charge in [0.05, 0.1) is 39.3 Å². The summed E-state index contributed by atoms with van der Waals surface area (Å²) in [5, 5.41) is 5.29. The number of halogens is 6. The van der Waals surface area contributed by atoms with E-state index in [0.717, 1.165) is 89.0 Å². The van der Waals surface area contributed by atoms with Gasteiger partial charge in [-0.3, -0.25) is 0 Å². The molecule has 11 aromatic rings. The van der Waals surface area contributed by atoms with Crippen LogP contribution in [0.4, 0.5) is 60.5 Å². The van der Waals surface area contributed by atoms with Crippen LogP contribution in [0.2, 0.25) is 0 Å². The highest BCUT2D eigenvalue weighted by molar-refractivity contribution is 6.09. The monoisotopic (exact) mass is 936 g/mol. The largest absolute Gasteiger partial charge is 0.418 e. The van der Waals surface area contributed by atoms with Gasteiger partial charge in [-0.15, -0.1) is 0 Å². The van der Waals surface area contributed by atoms with Crippen molar-refractivity contribution in [1.82, 2.24) is 0 Å². The Balaban J connectivity index is 1.15. The Morgan fingerprint density at radius 1 is 0.296 bits per heavy atom. The maximum absolute atomic E-state index is 15.3. The molecule has 342 valence electrons. The van der Waals surface area contributed by atoms with Gasteiger partial charge in [0.25, 0.3) is 0 Å². The molecule has 2 nitrogen and oxygen atoms in total. The van der Waals surface area contributed by atoms with Crippen molar-refractivity contribution in [2.24, 2.45) is 0 Å². The van der Waals surface area contributed by atoms with Gasteiger partial charge in [-0.2, -0.15) is 26.3 Å². The number of alkyl halides is 6. The number of anilines is 6. The van der Waals surface area contributed by atoms with Crippen LogP contribution in [0.15, 0.2) is 231 Å². The number of benzene rings is 11. The first-order valence-corrected chi connectivity index (χ1v) is 23.3. The van der Waals surface area contributed by atoms with E-state index < -0.39 is 28.9 Å². The molecule has 1 unspecified atom stereocenters. The summed E-state index contributed by atoms with van der Waals surface area (Å²) in [6.45, 7) is 0. The zero-order valence-corrected chi connectivity index (χ0v) is 37.6. The molecule has 11 aromatic carbocycles. The molecule has 0 aromatic heterocycles. The predicted octanol–water partition coefficient (Wildman–Crippen LogP) is 18.5. The number of hydrogen-bond donors (Lipinski definition) is 0. The Kier molecular flexibility index (Phi) is 9.39. The molecule has 71 heavy (non-hydrogen) atoms. The summed E-state index contributed by atoms with van der Waals surface area (Å²) in [6, 6.07) is 70.6. The first-order chi connectivity index (χ1) is 34.5. The number of fused-ring (bicyclic) bond motifs is 11. The highest BCUT2D eigenvalue weighted by Gasteiger charge is 2.51. The molecule has 13 rings (SSSR count). The third-order valence-electron chi connectivity index (χ3n) is 14.5. The average molecular weight is 937 g/mol. The third kappa shape index (κ3) is 6.37. The van der Waals surface area contributed by atoms with Crippen LogP contribution >= 0.6 is 0 Å². The maximum atomic E-state index is 15.3. The van der Waals surface area contributed by atoms with Crippen LogP contribution in [0.5, 0.6) is 0 Å². The van der Waals surface area contributed by atoms with E-state index >= 15 is 26.3 Å². The Morgan fingerprint density at radius 2 is 0.676 bits per heavy atom. The minimum absolute atomic E-state index is 0.0336. The highest BCUT2D eigenvalue weighted by Crippen LogP contribution is 2.63. The lowest BCUT2D eigenvalue weighted by Gasteiger charge is -2.41. The topological polar surface area (TPSA) is 6.48 Å².